The van der Waals surface area contributed by atoms with Gasteiger partial charge in [-0.25, -0.2) is 0 Å². The summed E-state index contributed by atoms with van der Waals surface area (Å²) in [6.07, 6.45) is 5.38. The van der Waals surface area contributed by atoms with Gasteiger partial charge in [-0.3, -0.25) is 0 Å². The van der Waals surface area contributed by atoms with Gasteiger partial charge in [-0.05, 0) is 71.7 Å². The molecule has 3 aromatic rings. The highest BCUT2D eigenvalue weighted by atomic mass is 14.9. The highest BCUT2D eigenvalue weighted by molar-refractivity contribution is 5.72. The molecule has 0 aromatic heterocycles. The van der Waals surface area contributed by atoms with E-state index in [1.807, 2.05) is 12.1 Å². The van der Waals surface area contributed by atoms with E-state index in [-0.39, 0.29) is 0 Å². The summed E-state index contributed by atoms with van der Waals surface area (Å²) in [7, 11) is 0. The molecular weight excluding hydrogens is 342 g/mol. The van der Waals surface area contributed by atoms with Gasteiger partial charge in [0.2, 0.25) is 0 Å². The van der Waals surface area contributed by atoms with Crippen LogP contribution in [-0.4, -0.2) is 0 Å². The van der Waals surface area contributed by atoms with Crippen LogP contribution in [0.2, 0.25) is 0 Å². The maximum Gasteiger partial charge on any atom is 0.0425 e. The summed E-state index contributed by atoms with van der Waals surface area (Å²) >= 11 is 0. The van der Waals surface area contributed by atoms with Gasteiger partial charge in [0.25, 0.3) is 0 Å². The Morgan fingerprint density at radius 2 is 1.21 bits per heavy atom. The fraction of sp³-hybridized carbons (Fsp3) is 0.280. The molecule has 0 spiro atoms. The topological polar surface area (TPSA) is 64.1 Å². The lowest BCUT2D eigenvalue weighted by Gasteiger charge is -2.26. The first-order valence-corrected chi connectivity index (χ1v) is 10.2. The number of benzene rings is 3. The Morgan fingerprint density at radius 3 is 1.79 bits per heavy atom. The summed E-state index contributed by atoms with van der Waals surface area (Å²) < 4.78 is 0. The van der Waals surface area contributed by atoms with Crippen molar-refractivity contribution in [1.82, 2.24) is 0 Å². The molecule has 1 aliphatic rings. The van der Waals surface area contributed by atoms with Crippen molar-refractivity contribution < 1.29 is 0 Å². The molecule has 4 rings (SSSR count). The molecule has 3 heteroatoms. The van der Waals surface area contributed by atoms with E-state index in [1.165, 1.54) is 42.4 Å². The van der Waals surface area contributed by atoms with E-state index in [0.29, 0.717) is 11.4 Å². The lowest BCUT2D eigenvalue weighted by molar-refractivity contribution is 0.348. The molecule has 5 N–H and O–H groups in total. The van der Waals surface area contributed by atoms with Crippen molar-refractivity contribution in [3.8, 4) is 11.1 Å². The standard InChI is InChI=1S/C25H29N3/c1-17-2-4-18(5-3-17)19-6-8-20(9-7-19)21-10-12-24(13-11-21)28-25-15-22(26)14-23(27)16-25/h6-18,28H,2-5,26-27H2,1H3. The first kappa shape index (κ1) is 18.4. The molecule has 28 heavy (non-hydrogen) atoms. The number of hydrogen-bond acceptors (Lipinski definition) is 3. The Hall–Kier alpha value is -2.94. The largest absolute Gasteiger partial charge is 0.399 e. The summed E-state index contributed by atoms with van der Waals surface area (Å²) in [5.74, 6) is 1.63. The SMILES string of the molecule is CC1CCC(c2ccc(-c3ccc(Nc4cc(N)cc(N)c4)cc3)cc2)CC1. The highest BCUT2D eigenvalue weighted by Crippen LogP contribution is 2.36. The van der Waals surface area contributed by atoms with Crippen molar-refractivity contribution >= 4 is 22.7 Å². The smallest absolute Gasteiger partial charge is 0.0425 e. The molecular formula is C25H29N3. The van der Waals surface area contributed by atoms with Crippen LogP contribution in [0, 0.1) is 5.92 Å². The van der Waals surface area contributed by atoms with Gasteiger partial charge < -0.3 is 16.8 Å². The number of rotatable bonds is 4. The van der Waals surface area contributed by atoms with Gasteiger partial charge in [-0.15, -0.1) is 0 Å². The molecule has 0 saturated heterocycles. The first-order valence-electron chi connectivity index (χ1n) is 10.2. The normalized spacial score (nSPS) is 19.3. The molecule has 1 fully saturated rings. The molecule has 0 aliphatic heterocycles. The maximum absolute atomic E-state index is 5.87. The molecule has 1 aliphatic carbocycles. The van der Waals surface area contributed by atoms with Crippen LogP contribution in [0.15, 0.2) is 66.7 Å². The van der Waals surface area contributed by atoms with Gasteiger partial charge in [-0.1, -0.05) is 56.2 Å². The van der Waals surface area contributed by atoms with Crippen LogP contribution in [0.4, 0.5) is 22.7 Å². The van der Waals surface area contributed by atoms with Gasteiger partial charge in [0, 0.05) is 22.7 Å². The van der Waals surface area contributed by atoms with Crippen LogP contribution < -0.4 is 16.8 Å². The molecule has 0 radical (unpaired) electrons. The average Bonchev–Trinajstić information content (AvgIpc) is 2.69. The van der Waals surface area contributed by atoms with Crippen LogP contribution in [0.1, 0.15) is 44.1 Å². The van der Waals surface area contributed by atoms with Gasteiger partial charge in [-0.2, -0.15) is 0 Å². The Kier molecular flexibility index (Phi) is 5.25. The van der Waals surface area contributed by atoms with Crippen molar-refractivity contribution in [3.05, 3.63) is 72.3 Å². The predicted octanol–water partition coefficient (Wildman–Crippen LogP) is 6.56. The second kappa shape index (κ2) is 7.97. The van der Waals surface area contributed by atoms with Gasteiger partial charge in [0.1, 0.15) is 0 Å². The van der Waals surface area contributed by atoms with Gasteiger partial charge in [0.05, 0.1) is 0 Å². The predicted molar refractivity (Wildman–Crippen MR) is 121 cm³/mol. The quantitative estimate of drug-likeness (QED) is 0.455. The number of anilines is 4. The number of nitrogens with two attached hydrogens (primary N) is 2. The van der Waals surface area contributed by atoms with Crippen molar-refractivity contribution in [2.45, 2.75) is 38.5 Å². The van der Waals surface area contributed by atoms with E-state index in [0.717, 1.165) is 23.2 Å². The second-order valence-corrected chi connectivity index (χ2v) is 8.17. The molecule has 0 atom stereocenters. The van der Waals surface area contributed by atoms with Gasteiger partial charge >= 0.3 is 0 Å². The Morgan fingerprint density at radius 1 is 0.679 bits per heavy atom. The third-order valence-corrected chi connectivity index (χ3v) is 5.88. The van der Waals surface area contributed by atoms with Crippen LogP contribution in [0.25, 0.3) is 11.1 Å². The molecule has 3 aromatic carbocycles. The zero-order valence-electron chi connectivity index (χ0n) is 16.5. The van der Waals surface area contributed by atoms with E-state index in [2.05, 4.69) is 60.8 Å². The van der Waals surface area contributed by atoms with E-state index < -0.39 is 0 Å². The molecule has 0 unspecified atom stereocenters. The number of nitrogens with one attached hydrogen (secondary N) is 1. The Balaban J connectivity index is 1.45. The maximum atomic E-state index is 5.87. The summed E-state index contributed by atoms with van der Waals surface area (Å²) in [6, 6.07) is 23.1. The number of nitrogen functional groups attached to an aromatic ring is 2. The summed E-state index contributed by atoms with van der Waals surface area (Å²) in [4.78, 5) is 0. The Bertz CT molecular complexity index is 901. The summed E-state index contributed by atoms with van der Waals surface area (Å²) in [5.41, 5.74) is 18.9. The fourth-order valence-electron chi connectivity index (χ4n) is 4.20. The van der Waals surface area contributed by atoms with Crippen LogP contribution in [-0.2, 0) is 0 Å². The Labute approximate surface area is 167 Å². The minimum Gasteiger partial charge on any atom is -0.399 e. The van der Waals surface area contributed by atoms with E-state index in [4.69, 9.17) is 11.5 Å². The van der Waals surface area contributed by atoms with Crippen molar-refractivity contribution in [1.29, 1.82) is 0 Å². The molecule has 144 valence electrons. The van der Waals surface area contributed by atoms with Crippen LogP contribution in [0.5, 0.6) is 0 Å². The van der Waals surface area contributed by atoms with Crippen molar-refractivity contribution in [2.75, 3.05) is 16.8 Å². The van der Waals surface area contributed by atoms with Crippen molar-refractivity contribution in [2.24, 2.45) is 5.92 Å². The average molecular weight is 372 g/mol. The summed E-state index contributed by atoms with van der Waals surface area (Å²) in [5, 5.41) is 3.36. The van der Waals surface area contributed by atoms with Crippen LogP contribution >= 0.6 is 0 Å². The van der Waals surface area contributed by atoms with Gasteiger partial charge in [0.15, 0.2) is 0 Å². The third kappa shape index (κ3) is 4.30. The van der Waals surface area contributed by atoms with Crippen molar-refractivity contribution in [3.63, 3.8) is 0 Å². The van der Waals surface area contributed by atoms with E-state index in [1.54, 1.807) is 6.07 Å². The lowest BCUT2D eigenvalue weighted by Crippen LogP contribution is -2.10. The summed E-state index contributed by atoms with van der Waals surface area (Å²) in [6.45, 7) is 2.37. The fourth-order valence-corrected chi connectivity index (χ4v) is 4.20. The highest BCUT2D eigenvalue weighted by Gasteiger charge is 2.19. The zero-order valence-corrected chi connectivity index (χ0v) is 16.5. The molecule has 0 bridgehead atoms. The number of hydrogen-bond donors (Lipinski definition) is 3. The molecule has 0 heterocycles. The monoisotopic (exact) mass is 371 g/mol. The van der Waals surface area contributed by atoms with E-state index >= 15 is 0 Å². The molecule has 3 nitrogen and oxygen atoms in total. The first-order chi connectivity index (χ1) is 13.6. The minimum absolute atomic E-state index is 0.659. The minimum atomic E-state index is 0.659. The second-order valence-electron chi connectivity index (χ2n) is 8.17. The molecule has 1 saturated carbocycles. The molecule has 0 amide bonds. The zero-order chi connectivity index (χ0) is 19.5. The lowest BCUT2D eigenvalue weighted by atomic mass is 9.79. The van der Waals surface area contributed by atoms with E-state index in [9.17, 15) is 0 Å². The third-order valence-electron chi connectivity index (χ3n) is 5.88. The van der Waals surface area contributed by atoms with Crippen LogP contribution in [0.3, 0.4) is 0 Å².